The van der Waals surface area contributed by atoms with Gasteiger partial charge >= 0.3 is 0 Å². The first-order chi connectivity index (χ1) is 9.86. The van der Waals surface area contributed by atoms with Crippen LogP contribution < -0.4 is 0 Å². The van der Waals surface area contributed by atoms with Gasteiger partial charge in [-0.25, -0.2) is 17.8 Å². The van der Waals surface area contributed by atoms with Gasteiger partial charge in [-0.2, -0.15) is 4.31 Å². The number of rotatable bonds is 5. The average Bonchev–Trinajstić information content (AvgIpc) is 2.84. The molecule has 0 N–H and O–H groups in total. The van der Waals surface area contributed by atoms with Crippen molar-refractivity contribution >= 4 is 33.0 Å². The van der Waals surface area contributed by atoms with Crippen molar-refractivity contribution in [3.05, 3.63) is 45.7 Å². The Labute approximate surface area is 132 Å². The first kappa shape index (κ1) is 16.4. The molecule has 0 bridgehead atoms. The number of thiazole rings is 1. The quantitative estimate of drug-likeness (QED) is 0.780. The van der Waals surface area contributed by atoms with Crippen LogP contribution in [0.1, 0.15) is 16.1 Å². The van der Waals surface area contributed by atoms with Crippen LogP contribution in [-0.2, 0) is 22.4 Å². The van der Waals surface area contributed by atoms with Gasteiger partial charge in [0.25, 0.3) is 0 Å². The summed E-state index contributed by atoms with van der Waals surface area (Å²) in [6.07, 6.45) is 0. The summed E-state index contributed by atoms with van der Waals surface area (Å²) in [7, 11) is -2.35. The molecule has 0 spiro atoms. The average molecular weight is 349 g/mol. The van der Waals surface area contributed by atoms with Gasteiger partial charge < -0.3 is 0 Å². The third-order valence-corrected chi connectivity index (χ3v) is 6.17. The summed E-state index contributed by atoms with van der Waals surface area (Å²) in [5.41, 5.74) is 2.84. The molecule has 0 unspecified atom stereocenters. The van der Waals surface area contributed by atoms with E-state index in [0.717, 1.165) is 16.6 Å². The molecular weight excluding hydrogens is 335 g/mol. The Hall–Kier alpha value is -1.02. The largest absolute Gasteiger partial charge is 0.250 e. The van der Waals surface area contributed by atoms with Gasteiger partial charge in [0.2, 0.25) is 10.0 Å². The minimum atomic E-state index is -3.81. The lowest BCUT2D eigenvalue weighted by atomic mass is 10.2. The number of sulfonamides is 1. The standard InChI is InChI=1S/C13H14ClFN2O2S2/c1-9-12(20-8-16-9)7-17(2)21(18,19)13-5-11(15)4-3-10(13)6-14/h3-5,8H,6-7H2,1-2H3. The van der Waals surface area contributed by atoms with Gasteiger partial charge in [0.1, 0.15) is 5.82 Å². The fourth-order valence-corrected chi connectivity index (χ4v) is 4.40. The minimum absolute atomic E-state index is 0.00225. The third-order valence-electron chi connectivity index (χ3n) is 3.07. The summed E-state index contributed by atoms with van der Waals surface area (Å²) in [6.45, 7) is 2.01. The SMILES string of the molecule is Cc1ncsc1CN(C)S(=O)(=O)c1cc(F)ccc1CCl. The highest BCUT2D eigenvalue weighted by molar-refractivity contribution is 7.89. The zero-order valence-corrected chi connectivity index (χ0v) is 13.9. The predicted molar refractivity (Wildman–Crippen MR) is 81.5 cm³/mol. The molecule has 0 saturated carbocycles. The van der Waals surface area contributed by atoms with Crippen LogP contribution in [0.25, 0.3) is 0 Å². The van der Waals surface area contributed by atoms with Crippen molar-refractivity contribution in [1.29, 1.82) is 0 Å². The summed E-state index contributed by atoms with van der Waals surface area (Å²) in [5.74, 6) is -0.604. The van der Waals surface area contributed by atoms with Gasteiger partial charge in [-0.15, -0.1) is 22.9 Å². The second-order valence-electron chi connectivity index (χ2n) is 4.51. The molecule has 114 valence electrons. The van der Waals surface area contributed by atoms with Crippen LogP contribution in [0.15, 0.2) is 28.6 Å². The van der Waals surface area contributed by atoms with Gasteiger partial charge in [-0.3, -0.25) is 0 Å². The van der Waals surface area contributed by atoms with Crippen LogP contribution in [0.3, 0.4) is 0 Å². The summed E-state index contributed by atoms with van der Waals surface area (Å²) >= 11 is 7.13. The topological polar surface area (TPSA) is 50.3 Å². The molecule has 1 aromatic carbocycles. The molecule has 0 fully saturated rings. The van der Waals surface area contributed by atoms with E-state index in [-0.39, 0.29) is 17.3 Å². The first-order valence-corrected chi connectivity index (χ1v) is 8.91. The van der Waals surface area contributed by atoms with E-state index in [4.69, 9.17) is 11.6 Å². The Morgan fingerprint density at radius 2 is 2.14 bits per heavy atom. The number of nitrogens with zero attached hydrogens (tertiary/aromatic N) is 2. The second kappa shape index (κ2) is 6.39. The summed E-state index contributed by atoms with van der Waals surface area (Å²) in [6, 6.07) is 3.59. The first-order valence-electron chi connectivity index (χ1n) is 6.06. The van der Waals surface area contributed by atoms with Crippen LogP contribution in [0.5, 0.6) is 0 Å². The van der Waals surface area contributed by atoms with Crippen LogP contribution in [0.4, 0.5) is 4.39 Å². The third kappa shape index (κ3) is 3.42. The van der Waals surface area contributed by atoms with Crippen LogP contribution in [0, 0.1) is 12.7 Å². The molecule has 1 aromatic heterocycles. The Morgan fingerprint density at radius 3 is 2.71 bits per heavy atom. The molecular formula is C13H14ClFN2O2S2. The molecule has 21 heavy (non-hydrogen) atoms. The lowest BCUT2D eigenvalue weighted by Crippen LogP contribution is -2.27. The van der Waals surface area contributed by atoms with Crippen LogP contribution in [0.2, 0.25) is 0 Å². The van der Waals surface area contributed by atoms with E-state index in [1.807, 2.05) is 6.92 Å². The maximum Gasteiger partial charge on any atom is 0.243 e. The molecule has 1 heterocycles. The number of benzene rings is 1. The van der Waals surface area contributed by atoms with Gasteiger partial charge in [-0.05, 0) is 24.6 Å². The highest BCUT2D eigenvalue weighted by Crippen LogP contribution is 2.24. The highest BCUT2D eigenvalue weighted by atomic mass is 35.5. The minimum Gasteiger partial charge on any atom is -0.250 e. The number of aryl methyl sites for hydroxylation is 1. The van der Waals surface area contributed by atoms with Crippen molar-refractivity contribution in [2.45, 2.75) is 24.2 Å². The van der Waals surface area contributed by atoms with Crippen molar-refractivity contribution in [3.63, 3.8) is 0 Å². The molecule has 8 heteroatoms. The van der Waals surface area contributed by atoms with Gasteiger partial charge in [-0.1, -0.05) is 6.07 Å². The second-order valence-corrected chi connectivity index (χ2v) is 7.73. The van der Waals surface area contributed by atoms with E-state index in [9.17, 15) is 12.8 Å². The molecule has 0 aliphatic rings. The maximum absolute atomic E-state index is 13.4. The molecule has 2 aromatic rings. The number of hydrogen-bond donors (Lipinski definition) is 0. The number of aromatic nitrogens is 1. The number of halogens is 2. The highest BCUT2D eigenvalue weighted by Gasteiger charge is 2.25. The molecule has 0 saturated heterocycles. The van der Waals surface area contributed by atoms with Crippen molar-refractivity contribution < 1.29 is 12.8 Å². The number of alkyl halides is 1. The fraction of sp³-hybridized carbons (Fsp3) is 0.308. The predicted octanol–water partition coefficient (Wildman–Crippen LogP) is 3.15. The lowest BCUT2D eigenvalue weighted by Gasteiger charge is -2.18. The van der Waals surface area contributed by atoms with Crippen molar-refractivity contribution in [1.82, 2.24) is 9.29 Å². The summed E-state index contributed by atoms with van der Waals surface area (Å²) in [5, 5.41) is 0. The summed E-state index contributed by atoms with van der Waals surface area (Å²) in [4.78, 5) is 4.84. The fourth-order valence-electron chi connectivity index (χ4n) is 1.81. The van der Waals surface area contributed by atoms with Crippen LogP contribution >= 0.6 is 22.9 Å². The Kier molecular flexibility index (Phi) is 4.98. The Morgan fingerprint density at radius 1 is 1.43 bits per heavy atom. The van der Waals surface area contributed by atoms with Gasteiger partial charge in [0.15, 0.2) is 0 Å². The van der Waals surface area contributed by atoms with Crippen LogP contribution in [-0.4, -0.2) is 24.8 Å². The molecule has 2 rings (SSSR count). The van der Waals surface area contributed by atoms with Gasteiger partial charge in [0.05, 0.1) is 16.1 Å². The molecule has 0 radical (unpaired) electrons. The van der Waals surface area contributed by atoms with Crippen molar-refractivity contribution in [2.75, 3.05) is 7.05 Å². The molecule has 0 aliphatic carbocycles. The van der Waals surface area contributed by atoms with E-state index >= 15 is 0 Å². The van der Waals surface area contributed by atoms with Crippen molar-refractivity contribution in [3.8, 4) is 0 Å². The van der Waals surface area contributed by atoms with E-state index < -0.39 is 15.8 Å². The number of hydrogen-bond acceptors (Lipinski definition) is 4. The molecule has 0 amide bonds. The molecule has 0 aliphatic heterocycles. The monoisotopic (exact) mass is 348 g/mol. The smallest absolute Gasteiger partial charge is 0.243 e. The zero-order valence-electron chi connectivity index (χ0n) is 11.5. The lowest BCUT2D eigenvalue weighted by molar-refractivity contribution is 0.467. The Bertz CT molecular complexity index is 746. The zero-order chi connectivity index (χ0) is 15.6. The van der Waals surface area contributed by atoms with E-state index in [2.05, 4.69) is 4.98 Å². The van der Waals surface area contributed by atoms with Gasteiger partial charge in [0, 0.05) is 24.3 Å². The molecule has 0 atom stereocenters. The van der Waals surface area contributed by atoms with E-state index in [1.54, 1.807) is 5.51 Å². The normalized spacial score (nSPS) is 12.0. The Balaban J connectivity index is 2.37. The van der Waals surface area contributed by atoms with E-state index in [0.29, 0.717) is 5.56 Å². The molecule has 4 nitrogen and oxygen atoms in total. The summed E-state index contributed by atoms with van der Waals surface area (Å²) < 4.78 is 39.7. The van der Waals surface area contributed by atoms with E-state index in [1.165, 1.54) is 34.8 Å². The van der Waals surface area contributed by atoms with Crippen molar-refractivity contribution in [2.24, 2.45) is 0 Å². The maximum atomic E-state index is 13.4.